The second kappa shape index (κ2) is 7.02. The van der Waals surface area contributed by atoms with Crippen LogP contribution in [0, 0.1) is 5.82 Å². The molecule has 1 saturated heterocycles. The third kappa shape index (κ3) is 2.95. The molecule has 2 amide bonds. The first-order valence-electron chi connectivity index (χ1n) is 9.35. The van der Waals surface area contributed by atoms with Gasteiger partial charge in [-0.2, -0.15) is 0 Å². The number of benzene rings is 2. The summed E-state index contributed by atoms with van der Waals surface area (Å²) in [5.41, 5.74) is 2.41. The van der Waals surface area contributed by atoms with Crippen LogP contribution in [-0.2, 0) is 0 Å². The molecule has 0 saturated carbocycles. The van der Waals surface area contributed by atoms with Gasteiger partial charge in [0.05, 0.1) is 22.5 Å². The Hall–Kier alpha value is -2.89. The van der Waals surface area contributed by atoms with Crippen LogP contribution in [0.1, 0.15) is 34.1 Å². The molecular formula is C21H22FN3O2. The smallest absolute Gasteiger partial charge is 0.263 e. The molecule has 4 rings (SSSR count). The Morgan fingerprint density at radius 3 is 2.15 bits per heavy atom. The van der Waals surface area contributed by atoms with Gasteiger partial charge < -0.3 is 9.80 Å². The summed E-state index contributed by atoms with van der Waals surface area (Å²) in [4.78, 5) is 30.8. The summed E-state index contributed by atoms with van der Waals surface area (Å²) in [6.45, 7) is 5.04. The standard InChI is InChI=1S/C21H22FN3O2/c1-2-10-25-20(26)15-6-5-9-18(19(15)21(25)27)24-13-11-23(12-14-24)17-8-4-3-7-16(17)22/h3-9H,2,10-14H2,1H3. The van der Waals surface area contributed by atoms with E-state index in [0.29, 0.717) is 49.5 Å². The van der Waals surface area contributed by atoms with Crippen LogP contribution < -0.4 is 9.80 Å². The van der Waals surface area contributed by atoms with Gasteiger partial charge in [-0.3, -0.25) is 14.5 Å². The SMILES string of the molecule is CCCN1C(=O)c2cccc(N3CCN(c4ccccc4F)CC3)c2C1=O. The van der Waals surface area contributed by atoms with Gasteiger partial charge in [-0.15, -0.1) is 0 Å². The molecule has 27 heavy (non-hydrogen) atoms. The molecule has 2 heterocycles. The van der Waals surface area contributed by atoms with E-state index >= 15 is 0 Å². The molecule has 140 valence electrons. The minimum absolute atomic E-state index is 0.205. The Kier molecular flexibility index (Phi) is 4.56. The normalized spacial score (nSPS) is 16.9. The van der Waals surface area contributed by atoms with Crippen molar-refractivity contribution >= 4 is 23.2 Å². The molecule has 2 aliphatic rings. The summed E-state index contributed by atoms with van der Waals surface area (Å²) >= 11 is 0. The van der Waals surface area contributed by atoms with Gasteiger partial charge in [0.15, 0.2) is 0 Å². The highest BCUT2D eigenvalue weighted by Gasteiger charge is 2.38. The summed E-state index contributed by atoms with van der Waals surface area (Å²) in [6, 6.07) is 12.2. The maximum absolute atomic E-state index is 14.0. The summed E-state index contributed by atoms with van der Waals surface area (Å²) in [5.74, 6) is -0.629. The van der Waals surface area contributed by atoms with E-state index < -0.39 is 0 Å². The number of fused-ring (bicyclic) bond motifs is 1. The van der Waals surface area contributed by atoms with Crippen molar-refractivity contribution in [2.24, 2.45) is 0 Å². The van der Waals surface area contributed by atoms with E-state index in [1.807, 2.05) is 30.0 Å². The van der Waals surface area contributed by atoms with Gasteiger partial charge >= 0.3 is 0 Å². The predicted molar refractivity (Wildman–Crippen MR) is 103 cm³/mol. The molecule has 0 bridgehead atoms. The average molecular weight is 367 g/mol. The minimum Gasteiger partial charge on any atom is -0.367 e. The highest BCUT2D eigenvalue weighted by Crippen LogP contribution is 2.33. The van der Waals surface area contributed by atoms with Crippen LogP contribution in [0.5, 0.6) is 0 Å². The topological polar surface area (TPSA) is 43.9 Å². The highest BCUT2D eigenvalue weighted by molar-refractivity contribution is 6.23. The summed E-state index contributed by atoms with van der Waals surface area (Å²) in [7, 11) is 0. The zero-order valence-electron chi connectivity index (χ0n) is 15.3. The van der Waals surface area contributed by atoms with Crippen molar-refractivity contribution in [3.05, 3.63) is 59.4 Å². The molecule has 5 nitrogen and oxygen atoms in total. The monoisotopic (exact) mass is 367 g/mol. The molecule has 0 aromatic heterocycles. The van der Waals surface area contributed by atoms with Gasteiger partial charge in [-0.25, -0.2) is 4.39 Å². The number of carbonyl (C=O) groups is 2. The summed E-state index contributed by atoms with van der Waals surface area (Å²) in [6.07, 6.45) is 0.738. The maximum Gasteiger partial charge on any atom is 0.263 e. The number of piperazine rings is 1. The molecule has 0 radical (unpaired) electrons. The number of hydrogen-bond acceptors (Lipinski definition) is 4. The molecular weight excluding hydrogens is 345 g/mol. The van der Waals surface area contributed by atoms with Gasteiger partial charge in [0, 0.05) is 32.7 Å². The fraction of sp³-hybridized carbons (Fsp3) is 0.333. The van der Waals surface area contributed by atoms with Crippen molar-refractivity contribution in [2.75, 3.05) is 42.5 Å². The second-order valence-electron chi connectivity index (χ2n) is 6.89. The molecule has 0 atom stereocenters. The Morgan fingerprint density at radius 1 is 0.852 bits per heavy atom. The molecule has 0 unspecified atom stereocenters. The molecule has 2 aliphatic heterocycles. The lowest BCUT2D eigenvalue weighted by Crippen LogP contribution is -2.47. The minimum atomic E-state index is -0.220. The lowest BCUT2D eigenvalue weighted by molar-refractivity contribution is 0.0654. The van der Waals surface area contributed by atoms with E-state index in [9.17, 15) is 14.0 Å². The zero-order chi connectivity index (χ0) is 19.0. The summed E-state index contributed by atoms with van der Waals surface area (Å²) in [5, 5.41) is 0. The number of para-hydroxylation sites is 1. The molecule has 0 spiro atoms. The van der Waals surface area contributed by atoms with E-state index in [4.69, 9.17) is 0 Å². The first kappa shape index (κ1) is 17.5. The van der Waals surface area contributed by atoms with Gasteiger partial charge in [-0.1, -0.05) is 25.1 Å². The zero-order valence-corrected chi connectivity index (χ0v) is 15.3. The highest BCUT2D eigenvalue weighted by atomic mass is 19.1. The fourth-order valence-corrected chi connectivity index (χ4v) is 3.90. The first-order chi connectivity index (χ1) is 13.1. The Labute approximate surface area is 158 Å². The molecule has 6 heteroatoms. The third-order valence-corrected chi connectivity index (χ3v) is 5.24. The Balaban J connectivity index is 1.57. The van der Waals surface area contributed by atoms with Gasteiger partial charge in [0.1, 0.15) is 5.82 Å². The number of anilines is 2. The van der Waals surface area contributed by atoms with Crippen LogP contribution in [-0.4, -0.2) is 49.4 Å². The number of hydrogen-bond donors (Lipinski definition) is 0. The van der Waals surface area contributed by atoms with Crippen LogP contribution >= 0.6 is 0 Å². The van der Waals surface area contributed by atoms with E-state index in [1.165, 1.54) is 11.0 Å². The van der Waals surface area contributed by atoms with Crippen LogP contribution in [0.4, 0.5) is 15.8 Å². The predicted octanol–water partition coefficient (Wildman–Crippen LogP) is 3.16. The maximum atomic E-state index is 14.0. The number of nitrogens with zero attached hydrogens (tertiary/aromatic N) is 3. The van der Waals surface area contributed by atoms with Crippen LogP contribution in [0.15, 0.2) is 42.5 Å². The first-order valence-corrected chi connectivity index (χ1v) is 9.35. The number of imide groups is 1. The van der Waals surface area contributed by atoms with Crippen LogP contribution in [0.25, 0.3) is 0 Å². The van der Waals surface area contributed by atoms with Crippen molar-refractivity contribution in [3.8, 4) is 0 Å². The molecule has 0 N–H and O–H groups in total. The lowest BCUT2D eigenvalue weighted by atomic mass is 10.1. The van der Waals surface area contributed by atoms with Crippen molar-refractivity contribution in [1.29, 1.82) is 0 Å². The van der Waals surface area contributed by atoms with E-state index in [2.05, 4.69) is 4.90 Å². The van der Waals surface area contributed by atoms with Crippen molar-refractivity contribution < 1.29 is 14.0 Å². The van der Waals surface area contributed by atoms with Crippen LogP contribution in [0.3, 0.4) is 0 Å². The van der Waals surface area contributed by atoms with Crippen molar-refractivity contribution in [1.82, 2.24) is 4.90 Å². The number of rotatable bonds is 4. The second-order valence-corrected chi connectivity index (χ2v) is 6.89. The molecule has 1 fully saturated rings. The number of halogens is 1. The summed E-state index contributed by atoms with van der Waals surface area (Å²) < 4.78 is 14.0. The Morgan fingerprint density at radius 2 is 1.48 bits per heavy atom. The van der Waals surface area contributed by atoms with E-state index in [0.717, 1.165) is 12.1 Å². The van der Waals surface area contributed by atoms with Gasteiger partial charge in [0.2, 0.25) is 0 Å². The van der Waals surface area contributed by atoms with Gasteiger partial charge in [0.25, 0.3) is 11.8 Å². The van der Waals surface area contributed by atoms with Crippen LogP contribution in [0.2, 0.25) is 0 Å². The number of amides is 2. The van der Waals surface area contributed by atoms with Crippen molar-refractivity contribution in [3.63, 3.8) is 0 Å². The molecule has 0 aliphatic carbocycles. The number of carbonyl (C=O) groups excluding carboxylic acids is 2. The quantitative estimate of drug-likeness (QED) is 0.779. The van der Waals surface area contributed by atoms with Gasteiger partial charge in [-0.05, 0) is 30.7 Å². The largest absolute Gasteiger partial charge is 0.367 e. The third-order valence-electron chi connectivity index (χ3n) is 5.24. The fourth-order valence-electron chi connectivity index (χ4n) is 3.90. The van der Waals surface area contributed by atoms with E-state index in [1.54, 1.807) is 18.2 Å². The Bertz CT molecular complexity index is 891. The molecule has 2 aromatic rings. The van der Waals surface area contributed by atoms with E-state index in [-0.39, 0.29) is 17.6 Å². The average Bonchev–Trinajstić information content (AvgIpc) is 2.94. The molecule has 2 aromatic carbocycles. The lowest BCUT2D eigenvalue weighted by Gasteiger charge is -2.38. The van der Waals surface area contributed by atoms with Crippen molar-refractivity contribution in [2.45, 2.75) is 13.3 Å².